The number of nitrogens with zero attached hydrogens (tertiary/aromatic N) is 1. The summed E-state index contributed by atoms with van der Waals surface area (Å²) in [6, 6.07) is 4.94. The third-order valence-corrected chi connectivity index (χ3v) is 6.13. The lowest BCUT2D eigenvalue weighted by Gasteiger charge is -2.34. The normalized spacial score (nSPS) is 30.4. The van der Waals surface area contributed by atoms with Gasteiger partial charge < -0.3 is 20.3 Å². The number of hydrogen-bond donors (Lipinski definition) is 2. The molecule has 1 spiro atoms. The molecule has 2 fully saturated rings. The SMILES string of the molecule is C=CCN1C(=O)[C@H]2[C@@H](C(=O)NCc3ccc(F)cc3)[C@H]3C=C[C@]2(O3)[C@H]1C(=O)NC(C)(C)C. The van der Waals surface area contributed by atoms with Crippen LogP contribution in [0.1, 0.15) is 26.3 Å². The van der Waals surface area contributed by atoms with Gasteiger partial charge in [-0.15, -0.1) is 6.58 Å². The van der Waals surface area contributed by atoms with Gasteiger partial charge in [0.25, 0.3) is 0 Å². The predicted molar refractivity (Wildman–Crippen MR) is 116 cm³/mol. The lowest BCUT2D eigenvalue weighted by Crippen LogP contribution is -2.57. The lowest BCUT2D eigenvalue weighted by molar-refractivity contribution is -0.141. The van der Waals surface area contributed by atoms with E-state index in [4.69, 9.17) is 4.74 Å². The van der Waals surface area contributed by atoms with E-state index >= 15 is 0 Å². The first kappa shape index (κ1) is 22.2. The molecular weight excluding hydrogens is 413 g/mol. The molecule has 2 N–H and O–H groups in total. The van der Waals surface area contributed by atoms with Gasteiger partial charge in [-0.2, -0.15) is 0 Å². The Kier molecular flexibility index (Phi) is 5.45. The van der Waals surface area contributed by atoms with Crippen LogP contribution >= 0.6 is 0 Å². The van der Waals surface area contributed by atoms with Gasteiger partial charge in [-0.3, -0.25) is 14.4 Å². The summed E-state index contributed by atoms with van der Waals surface area (Å²) in [5.41, 5.74) is -0.957. The number of carbonyl (C=O) groups excluding carboxylic acids is 3. The van der Waals surface area contributed by atoms with Crippen LogP contribution in [0.4, 0.5) is 4.39 Å². The van der Waals surface area contributed by atoms with Gasteiger partial charge >= 0.3 is 0 Å². The van der Waals surface area contributed by atoms with Crippen molar-refractivity contribution in [1.29, 1.82) is 0 Å². The van der Waals surface area contributed by atoms with E-state index in [1.165, 1.54) is 17.0 Å². The quantitative estimate of drug-likeness (QED) is 0.658. The molecule has 5 atom stereocenters. The zero-order valence-corrected chi connectivity index (χ0v) is 18.4. The zero-order chi connectivity index (χ0) is 23.3. The molecule has 7 nitrogen and oxygen atoms in total. The van der Waals surface area contributed by atoms with Crippen LogP contribution in [0.2, 0.25) is 0 Å². The number of ether oxygens (including phenoxy) is 1. The minimum atomic E-state index is -1.20. The van der Waals surface area contributed by atoms with E-state index in [-0.39, 0.29) is 36.6 Å². The number of nitrogens with one attached hydrogen (secondary N) is 2. The van der Waals surface area contributed by atoms with E-state index in [9.17, 15) is 18.8 Å². The number of fused-ring (bicyclic) bond motifs is 1. The second-order valence-electron chi connectivity index (χ2n) is 9.56. The standard InChI is InChI=1S/C24H28FN3O4/c1-5-12-28-19(21(30)27-23(2,3)4)24-11-10-16(32-24)17(18(24)22(28)31)20(29)26-13-14-6-8-15(25)9-7-14/h5-11,16-19H,1,12-13H2,2-4H3,(H,26,29)(H,27,30)/t16-,17+,18-,19-,24-/m1/s1. The summed E-state index contributed by atoms with van der Waals surface area (Å²) < 4.78 is 19.3. The third-order valence-electron chi connectivity index (χ3n) is 6.13. The van der Waals surface area contributed by atoms with Crippen molar-refractivity contribution in [3.8, 4) is 0 Å². The van der Waals surface area contributed by atoms with Gasteiger partial charge in [0.1, 0.15) is 17.5 Å². The van der Waals surface area contributed by atoms with Crippen molar-refractivity contribution in [3.63, 3.8) is 0 Å². The number of benzene rings is 1. The second-order valence-corrected chi connectivity index (χ2v) is 9.56. The summed E-state index contributed by atoms with van der Waals surface area (Å²) in [5, 5.41) is 5.78. The van der Waals surface area contributed by atoms with Crippen molar-refractivity contribution in [2.24, 2.45) is 11.8 Å². The Bertz CT molecular complexity index is 984. The smallest absolute Gasteiger partial charge is 0.246 e. The highest BCUT2D eigenvalue weighted by atomic mass is 19.1. The maximum Gasteiger partial charge on any atom is 0.246 e. The molecule has 3 aliphatic rings. The minimum Gasteiger partial charge on any atom is -0.359 e. The van der Waals surface area contributed by atoms with Crippen molar-refractivity contribution in [3.05, 3.63) is 60.5 Å². The van der Waals surface area contributed by atoms with E-state index in [1.54, 1.807) is 30.4 Å². The molecule has 4 rings (SSSR count). The predicted octanol–water partition coefficient (Wildman–Crippen LogP) is 1.69. The van der Waals surface area contributed by atoms with Gasteiger partial charge in [0.05, 0.1) is 17.9 Å². The first-order chi connectivity index (χ1) is 15.1. The van der Waals surface area contributed by atoms with Gasteiger partial charge in [0.2, 0.25) is 17.7 Å². The fourth-order valence-corrected chi connectivity index (χ4v) is 4.95. The van der Waals surface area contributed by atoms with E-state index in [0.29, 0.717) is 0 Å². The van der Waals surface area contributed by atoms with Crippen molar-refractivity contribution in [1.82, 2.24) is 15.5 Å². The molecule has 0 radical (unpaired) electrons. The van der Waals surface area contributed by atoms with Gasteiger partial charge in [-0.1, -0.05) is 30.4 Å². The van der Waals surface area contributed by atoms with Crippen molar-refractivity contribution in [2.75, 3.05) is 6.54 Å². The van der Waals surface area contributed by atoms with Gasteiger partial charge in [0, 0.05) is 18.6 Å². The fourth-order valence-electron chi connectivity index (χ4n) is 4.95. The molecule has 3 amide bonds. The Morgan fingerprint density at radius 3 is 2.56 bits per heavy atom. The summed E-state index contributed by atoms with van der Waals surface area (Å²) >= 11 is 0. The summed E-state index contributed by atoms with van der Waals surface area (Å²) in [7, 11) is 0. The molecule has 2 bridgehead atoms. The van der Waals surface area contributed by atoms with E-state index in [2.05, 4.69) is 17.2 Å². The van der Waals surface area contributed by atoms with Crippen LogP contribution in [0, 0.1) is 17.7 Å². The van der Waals surface area contributed by atoms with Gasteiger partial charge in [0.15, 0.2) is 0 Å². The first-order valence-corrected chi connectivity index (χ1v) is 10.7. The first-order valence-electron chi connectivity index (χ1n) is 10.7. The minimum absolute atomic E-state index is 0.172. The monoisotopic (exact) mass is 441 g/mol. The number of amides is 3. The molecule has 8 heteroatoms. The molecule has 1 aromatic carbocycles. The van der Waals surface area contributed by atoms with Crippen molar-refractivity contribution in [2.45, 2.75) is 50.6 Å². The summed E-state index contributed by atoms with van der Waals surface area (Å²) in [4.78, 5) is 41.3. The number of rotatable bonds is 6. The number of halogens is 1. The molecule has 32 heavy (non-hydrogen) atoms. The van der Waals surface area contributed by atoms with Crippen LogP contribution < -0.4 is 10.6 Å². The van der Waals surface area contributed by atoms with E-state index in [1.807, 2.05) is 20.8 Å². The molecule has 170 valence electrons. The van der Waals surface area contributed by atoms with Gasteiger partial charge in [-0.05, 0) is 38.5 Å². The maximum absolute atomic E-state index is 13.4. The molecule has 0 saturated carbocycles. The van der Waals surface area contributed by atoms with Crippen LogP contribution in [0.15, 0.2) is 49.1 Å². The molecule has 1 aromatic rings. The van der Waals surface area contributed by atoms with Crippen molar-refractivity contribution >= 4 is 17.7 Å². The highest BCUT2D eigenvalue weighted by Crippen LogP contribution is 2.55. The Labute approximate surface area is 186 Å². The summed E-state index contributed by atoms with van der Waals surface area (Å²) in [5.74, 6) is -2.87. The van der Waals surface area contributed by atoms with E-state index in [0.717, 1.165) is 5.56 Å². The Morgan fingerprint density at radius 1 is 1.25 bits per heavy atom. The Hall–Kier alpha value is -3.00. The number of carbonyl (C=O) groups is 3. The Balaban J connectivity index is 1.60. The molecule has 0 unspecified atom stereocenters. The number of likely N-dealkylation sites (tertiary alicyclic amines) is 1. The summed E-state index contributed by atoms with van der Waals surface area (Å²) in [6.45, 7) is 9.68. The topological polar surface area (TPSA) is 87.7 Å². The van der Waals surface area contributed by atoms with Crippen LogP contribution in [0.3, 0.4) is 0 Å². The molecule has 0 aromatic heterocycles. The molecular formula is C24H28FN3O4. The summed E-state index contributed by atoms with van der Waals surface area (Å²) in [6.07, 6.45) is 4.50. The van der Waals surface area contributed by atoms with Crippen LogP contribution in [-0.4, -0.2) is 52.5 Å². The average molecular weight is 442 g/mol. The fraction of sp³-hybridized carbons (Fsp3) is 0.458. The van der Waals surface area contributed by atoms with Gasteiger partial charge in [-0.25, -0.2) is 4.39 Å². The van der Waals surface area contributed by atoms with Crippen LogP contribution in [-0.2, 0) is 25.7 Å². The zero-order valence-electron chi connectivity index (χ0n) is 18.4. The highest BCUT2D eigenvalue weighted by molar-refractivity contribution is 6.00. The van der Waals surface area contributed by atoms with Crippen molar-refractivity contribution < 1.29 is 23.5 Å². The third kappa shape index (κ3) is 3.62. The molecule has 0 aliphatic carbocycles. The Morgan fingerprint density at radius 2 is 1.94 bits per heavy atom. The van der Waals surface area contributed by atoms with Crippen LogP contribution in [0.5, 0.6) is 0 Å². The lowest BCUT2D eigenvalue weighted by atomic mass is 9.74. The molecule has 3 aliphatic heterocycles. The second kappa shape index (κ2) is 7.85. The molecule has 3 heterocycles. The highest BCUT2D eigenvalue weighted by Gasteiger charge is 2.72. The van der Waals surface area contributed by atoms with Crippen LogP contribution in [0.25, 0.3) is 0 Å². The molecule has 2 saturated heterocycles. The maximum atomic E-state index is 13.4. The van der Waals surface area contributed by atoms with E-state index < -0.39 is 35.1 Å². The largest absolute Gasteiger partial charge is 0.359 e. The average Bonchev–Trinajstić information content (AvgIpc) is 3.34. The number of hydrogen-bond acceptors (Lipinski definition) is 4.